The van der Waals surface area contributed by atoms with E-state index in [2.05, 4.69) is 10.3 Å². The van der Waals surface area contributed by atoms with E-state index in [0.717, 1.165) is 24.1 Å². The second-order valence-electron chi connectivity index (χ2n) is 6.27. The molecule has 1 aliphatic carbocycles. The molecule has 0 radical (unpaired) electrons. The summed E-state index contributed by atoms with van der Waals surface area (Å²) in [7, 11) is 1.75. The van der Waals surface area contributed by atoms with E-state index in [0.29, 0.717) is 23.8 Å². The molecule has 0 aliphatic heterocycles. The van der Waals surface area contributed by atoms with Crippen LogP contribution < -0.4 is 5.32 Å². The number of aryl methyl sites for hydroxylation is 1. The number of carbonyl (C=O) groups excluding carboxylic acids is 2. The Morgan fingerprint density at radius 2 is 1.88 bits per heavy atom. The van der Waals surface area contributed by atoms with Gasteiger partial charge < -0.3 is 10.2 Å². The average Bonchev–Trinajstić information content (AvgIpc) is 3.38. The summed E-state index contributed by atoms with van der Waals surface area (Å²) in [4.78, 5) is 30.3. The van der Waals surface area contributed by atoms with Gasteiger partial charge >= 0.3 is 0 Å². The van der Waals surface area contributed by atoms with Crippen molar-refractivity contribution < 1.29 is 9.59 Å². The van der Waals surface area contributed by atoms with Crippen LogP contribution in [0.15, 0.2) is 42.5 Å². The minimum atomic E-state index is -0.116. The number of rotatable bonds is 5. The fraction of sp³-hybridized carbons (Fsp3) is 0.316. The molecule has 1 heterocycles. The Bertz CT molecular complexity index is 751. The molecule has 5 nitrogen and oxygen atoms in total. The number of hydrogen-bond acceptors (Lipinski definition) is 3. The highest BCUT2D eigenvalue weighted by atomic mass is 16.2. The lowest BCUT2D eigenvalue weighted by Crippen LogP contribution is -2.27. The molecule has 0 atom stereocenters. The van der Waals surface area contributed by atoms with Gasteiger partial charge in [0.2, 0.25) is 0 Å². The highest BCUT2D eigenvalue weighted by Gasteiger charge is 2.23. The number of nitrogens with one attached hydrogen (secondary N) is 1. The highest BCUT2D eigenvalue weighted by Crippen LogP contribution is 2.19. The van der Waals surface area contributed by atoms with Crippen molar-refractivity contribution in [1.82, 2.24) is 15.2 Å². The first-order valence-corrected chi connectivity index (χ1v) is 8.12. The first kappa shape index (κ1) is 16.2. The molecule has 5 heteroatoms. The molecule has 1 saturated carbocycles. The third kappa shape index (κ3) is 3.98. The summed E-state index contributed by atoms with van der Waals surface area (Å²) < 4.78 is 0. The van der Waals surface area contributed by atoms with Crippen molar-refractivity contribution in [3.05, 3.63) is 65.0 Å². The zero-order chi connectivity index (χ0) is 17.1. The maximum absolute atomic E-state index is 12.4. The van der Waals surface area contributed by atoms with Crippen LogP contribution in [0.4, 0.5) is 0 Å². The molecule has 1 aromatic carbocycles. The summed E-state index contributed by atoms with van der Waals surface area (Å²) in [5.74, 6) is -0.147. The van der Waals surface area contributed by atoms with Crippen molar-refractivity contribution in [2.45, 2.75) is 32.4 Å². The largest absolute Gasteiger partial charge is 0.349 e. The zero-order valence-electron chi connectivity index (χ0n) is 14.0. The molecule has 2 amide bonds. The van der Waals surface area contributed by atoms with Crippen LogP contribution in [0.25, 0.3) is 0 Å². The molecule has 124 valence electrons. The number of benzene rings is 1. The molecule has 0 bridgehead atoms. The Labute approximate surface area is 141 Å². The van der Waals surface area contributed by atoms with E-state index in [-0.39, 0.29) is 11.8 Å². The molecule has 0 unspecified atom stereocenters. The van der Waals surface area contributed by atoms with Crippen molar-refractivity contribution in [3.8, 4) is 0 Å². The van der Waals surface area contributed by atoms with Crippen LogP contribution in [0.3, 0.4) is 0 Å². The molecule has 0 saturated heterocycles. The SMILES string of the molecule is Cc1cccc(C(=O)N(C)Cc2ccc(C(=O)NC3CC3)cc2)n1. The minimum absolute atomic E-state index is 0.0301. The van der Waals surface area contributed by atoms with Crippen LogP contribution in [0, 0.1) is 6.92 Å². The van der Waals surface area contributed by atoms with Crippen LogP contribution in [0.2, 0.25) is 0 Å². The second kappa shape index (κ2) is 6.83. The Morgan fingerprint density at radius 3 is 2.50 bits per heavy atom. The molecule has 24 heavy (non-hydrogen) atoms. The molecule has 2 aromatic rings. The monoisotopic (exact) mass is 323 g/mol. The number of pyridine rings is 1. The van der Waals surface area contributed by atoms with Gasteiger partial charge in [-0.15, -0.1) is 0 Å². The quantitative estimate of drug-likeness (QED) is 0.920. The number of nitrogens with zero attached hydrogens (tertiary/aromatic N) is 2. The van der Waals surface area contributed by atoms with Gasteiger partial charge in [-0.2, -0.15) is 0 Å². The molecule has 1 fully saturated rings. The van der Waals surface area contributed by atoms with E-state index in [4.69, 9.17) is 0 Å². The summed E-state index contributed by atoms with van der Waals surface area (Å²) >= 11 is 0. The predicted molar refractivity (Wildman–Crippen MR) is 91.7 cm³/mol. The van der Waals surface area contributed by atoms with Gasteiger partial charge in [-0.05, 0) is 49.6 Å². The Morgan fingerprint density at radius 1 is 1.17 bits per heavy atom. The van der Waals surface area contributed by atoms with Gasteiger partial charge in [0, 0.05) is 30.9 Å². The van der Waals surface area contributed by atoms with Gasteiger partial charge in [-0.25, -0.2) is 4.98 Å². The number of amides is 2. The predicted octanol–water partition coefficient (Wildman–Crippen LogP) is 2.55. The molecule has 3 rings (SSSR count). The average molecular weight is 323 g/mol. The maximum atomic E-state index is 12.4. The molecule has 1 N–H and O–H groups in total. The van der Waals surface area contributed by atoms with Gasteiger partial charge in [0.25, 0.3) is 11.8 Å². The van der Waals surface area contributed by atoms with Crippen LogP contribution in [-0.2, 0) is 6.54 Å². The van der Waals surface area contributed by atoms with E-state index < -0.39 is 0 Å². The van der Waals surface area contributed by atoms with Crippen molar-refractivity contribution in [2.75, 3.05) is 7.05 Å². The zero-order valence-corrected chi connectivity index (χ0v) is 14.0. The Kier molecular flexibility index (Phi) is 4.60. The molecule has 1 aliphatic rings. The van der Waals surface area contributed by atoms with Crippen molar-refractivity contribution in [3.63, 3.8) is 0 Å². The van der Waals surface area contributed by atoms with Crippen molar-refractivity contribution in [2.24, 2.45) is 0 Å². The number of hydrogen-bond donors (Lipinski definition) is 1. The van der Waals surface area contributed by atoms with Crippen LogP contribution in [0.1, 0.15) is 44.9 Å². The smallest absolute Gasteiger partial charge is 0.272 e. The van der Waals surface area contributed by atoms with Crippen molar-refractivity contribution >= 4 is 11.8 Å². The van der Waals surface area contributed by atoms with E-state index in [1.165, 1.54) is 0 Å². The highest BCUT2D eigenvalue weighted by molar-refractivity contribution is 5.94. The van der Waals surface area contributed by atoms with Gasteiger partial charge in [-0.3, -0.25) is 9.59 Å². The third-order valence-electron chi connectivity index (χ3n) is 4.00. The fourth-order valence-electron chi connectivity index (χ4n) is 2.46. The summed E-state index contributed by atoms with van der Waals surface area (Å²) in [5, 5.41) is 2.96. The summed E-state index contributed by atoms with van der Waals surface area (Å²) in [6.07, 6.45) is 2.15. The third-order valence-corrected chi connectivity index (χ3v) is 4.00. The van der Waals surface area contributed by atoms with E-state index in [1.54, 1.807) is 30.1 Å². The van der Waals surface area contributed by atoms with Gasteiger partial charge in [-0.1, -0.05) is 18.2 Å². The Hall–Kier alpha value is -2.69. The summed E-state index contributed by atoms with van der Waals surface area (Å²) in [6, 6.07) is 13.1. The summed E-state index contributed by atoms with van der Waals surface area (Å²) in [5.41, 5.74) is 2.89. The minimum Gasteiger partial charge on any atom is -0.349 e. The van der Waals surface area contributed by atoms with Gasteiger partial charge in [0.15, 0.2) is 0 Å². The van der Waals surface area contributed by atoms with E-state index in [1.807, 2.05) is 31.2 Å². The topological polar surface area (TPSA) is 62.3 Å². The van der Waals surface area contributed by atoms with Crippen LogP contribution in [0.5, 0.6) is 0 Å². The second-order valence-corrected chi connectivity index (χ2v) is 6.27. The maximum Gasteiger partial charge on any atom is 0.272 e. The lowest BCUT2D eigenvalue weighted by molar-refractivity contribution is 0.0778. The standard InChI is InChI=1S/C19H21N3O2/c1-13-4-3-5-17(20-13)19(24)22(2)12-14-6-8-15(9-7-14)18(23)21-16-10-11-16/h3-9,16H,10-12H2,1-2H3,(H,21,23). The van der Waals surface area contributed by atoms with Crippen LogP contribution in [-0.4, -0.2) is 34.8 Å². The van der Waals surface area contributed by atoms with E-state index in [9.17, 15) is 9.59 Å². The van der Waals surface area contributed by atoms with E-state index >= 15 is 0 Å². The number of aromatic nitrogens is 1. The Balaban J connectivity index is 1.62. The first-order valence-electron chi connectivity index (χ1n) is 8.12. The lowest BCUT2D eigenvalue weighted by atomic mass is 10.1. The normalized spacial score (nSPS) is 13.4. The lowest BCUT2D eigenvalue weighted by Gasteiger charge is -2.17. The molecule has 1 aromatic heterocycles. The van der Waals surface area contributed by atoms with Crippen molar-refractivity contribution in [1.29, 1.82) is 0 Å². The molecular formula is C19H21N3O2. The molecular weight excluding hydrogens is 302 g/mol. The molecule has 0 spiro atoms. The van der Waals surface area contributed by atoms with Gasteiger partial charge in [0.1, 0.15) is 5.69 Å². The first-order chi connectivity index (χ1) is 11.5. The number of carbonyl (C=O) groups is 2. The fourth-order valence-corrected chi connectivity index (χ4v) is 2.46. The van der Waals surface area contributed by atoms with Crippen LogP contribution >= 0.6 is 0 Å². The summed E-state index contributed by atoms with van der Waals surface area (Å²) in [6.45, 7) is 2.33. The van der Waals surface area contributed by atoms with Gasteiger partial charge in [0.05, 0.1) is 0 Å².